The van der Waals surface area contributed by atoms with Gasteiger partial charge in [0.1, 0.15) is 12.2 Å². The summed E-state index contributed by atoms with van der Waals surface area (Å²) in [5, 5.41) is 26.8. The van der Waals surface area contributed by atoms with Crippen molar-refractivity contribution in [3.05, 3.63) is 0 Å². The fraction of sp³-hybridized carbons (Fsp3) is 0.833. The molecule has 11 heavy (non-hydrogen) atoms. The molecule has 1 aliphatic heterocycles. The van der Waals surface area contributed by atoms with Gasteiger partial charge in [0.2, 0.25) is 6.10 Å². The first kappa shape index (κ1) is 8.45. The molecule has 0 aromatic heterocycles. The third-order valence-electron chi connectivity index (χ3n) is 1.57. The zero-order chi connectivity index (χ0) is 8.59. The SMILES string of the molecule is C[C@@H](O)[C@H](O)[C@H](O)[C@H]1OC1=O. The number of epoxide rings is 1. The monoisotopic (exact) mass is 162 g/mol. The number of hydrogen-bond donors (Lipinski definition) is 3. The summed E-state index contributed by atoms with van der Waals surface area (Å²) in [6, 6.07) is 0. The molecule has 0 aromatic carbocycles. The molecule has 64 valence electrons. The smallest absolute Gasteiger partial charge is 0.351 e. The zero-order valence-electron chi connectivity index (χ0n) is 5.97. The minimum atomic E-state index is -1.33. The molecule has 4 atom stereocenters. The van der Waals surface area contributed by atoms with Gasteiger partial charge in [-0.1, -0.05) is 0 Å². The van der Waals surface area contributed by atoms with Gasteiger partial charge in [0.15, 0.2) is 0 Å². The molecule has 5 heteroatoms. The Hall–Kier alpha value is -0.650. The Morgan fingerprint density at radius 1 is 1.45 bits per heavy atom. The Labute approximate surface area is 63.2 Å². The molecular formula is C6H10O5. The second kappa shape index (κ2) is 2.77. The number of carbonyl (C=O) groups is 1. The summed E-state index contributed by atoms with van der Waals surface area (Å²) in [5.41, 5.74) is 0. The Morgan fingerprint density at radius 3 is 2.18 bits per heavy atom. The van der Waals surface area contributed by atoms with Crippen LogP contribution in [0.5, 0.6) is 0 Å². The normalized spacial score (nSPS) is 30.5. The van der Waals surface area contributed by atoms with E-state index in [1.165, 1.54) is 6.92 Å². The molecule has 1 rings (SSSR count). The van der Waals surface area contributed by atoms with E-state index in [-0.39, 0.29) is 0 Å². The van der Waals surface area contributed by atoms with Gasteiger partial charge in [0, 0.05) is 0 Å². The molecule has 0 spiro atoms. The molecule has 0 unspecified atom stereocenters. The standard InChI is InChI=1S/C6H10O5/c1-2(7)3(8)4(9)5-6(10)11-5/h2-5,7-9H,1H3/t2-,3+,4+,5-/m1/s1. The van der Waals surface area contributed by atoms with E-state index >= 15 is 0 Å². The van der Waals surface area contributed by atoms with Gasteiger partial charge in [-0.05, 0) is 6.92 Å². The van der Waals surface area contributed by atoms with Gasteiger partial charge in [0.25, 0.3) is 0 Å². The molecule has 0 aliphatic carbocycles. The van der Waals surface area contributed by atoms with Gasteiger partial charge >= 0.3 is 5.97 Å². The predicted molar refractivity (Wildman–Crippen MR) is 33.6 cm³/mol. The minimum absolute atomic E-state index is 0.544. The molecule has 0 amide bonds. The molecule has 0 saturated carbocycles. The van der Waals surface area contributed by atoms with E-state index in [9.17, 15) is 4.79 Å². The maximum atomic E-state index is 10.3. The summed E-state index contributed by atoms with van der Waals surface area (Å²) < 4.78 is 4.29. The predicted octanol–water partition coefficient (Wildman–Crippen LogP) is -1.99. The van der Waals surface area contributed by atoms with Crippen molar-refractivity contribution in [1.29, 1.82) is 0 Å². The van der Waals surface area contributed by atoms with Crippen LogP contribution in [0.15, 0.2) is 0 Å². The second-order valence-electron chi connectivity index (χ2n) is 2.58. The van der Waals surface area contributed by atoms with Crippen LogP contribution in [0.4, 0.5) is 0 Å². The van der Waals surface area contributed by atoms with E-state index in [1.807, 2.05) is 0 Å². The number of cyclic esters (lactones) is 1. The Kier molecular flexibility index (Phi) is 2.12. The summed E-state index contributed by atoms with van der Waals surface area (Å²) >= 11 is 0. The Balaban J connectivity index is 2.41. The molecule has 3 N–H and O–H groups in total. The summed E-state index contributed by atoms with van der Waals surface area (Å²) in [4.78, 5) is 10.3. The minimum Gasteiger partial charge on any atom is -0.445 e. The molecule has 5 nitrogen and oxygen atoms in total. The van der Waals surface area contributed by atoms with Crippen LogP contribution in [-0.2, 0) is 9.53 Å². The van der Waals surface area contributed by atoms with E-state index in [1.54, 1.807) is 0 Å². The Bertz CT molecular complexity index is 166. The van der Waals surface area contributed by atoms with E-state index in [4.69, 9.17) is 15.3 Å². The Morgan fingerprint density at radius 2 is 1.91 bits per heavy atom. The van der Waals surface area contributed by atoms with Gasteiger partial charge in [-0.3, -0.25) is 0 Å². The van der Waals surface area contributed by atoms with E-state index in [0.29, 0.717) is 0 Å². The summed E-state index contributed by atoms with van der Waals surface area (Å²) in [5.74, 6) is -0.544. The molecular weight excluding hydrogens is 152 g/mol. The van der Waals surface area contributed by atoms with Crippen molar-refractivity contribution in [2.45, 2.75) is 31.3 Å². The van der Waals surface area contributed by atoms with Crippen LogP contribution in [0.3, 0.4) is 0 Å². The van der Waals surface area contributed by atoms with Crippen molar-refractivity contribution in [1.82, 2.24) is 0 Å². The topological polar surface area (TPSA) is 90.3 Å². The molecule has 0 bridgehead atoms. The van der Waals surface area contributed by atoms with Crippen molar-refractivity contribution >= 4 is 5.97 Å². The number of aliphatic hydroxyl groups excluding tert-OH is 3. The number of carbonyl (C=O) groups excluding carboxylic acids is 1. The van der Waals surface area contributed by atoms with Crippen molar-refractivity contribution in [3.63, 3.8) is 0 Å². The zero-order valence-corrected chi connectivity index (χ0v) is 5.97. The van der Waals surface area contributed by atoms with Gasteiger partial charge in [-0.2, -0.15) is 0 Å². The largest absolute Gasteiger partial charge is 0.445 e. The highest BCUT2D eigenvalue weighted by molar-refractivity contribution is 5.88. The average molecular weight is 162 g/mol. The van der Waals surface area contributed by atoms with Gasteiger partial charge in [-0.15, -0.1) is 0 Å². The van der Waals surface area contributed by atoms with Gasteiger partial charge in [0.05, 0.1) is 6.10 Å². The van der Waals surface area contributed by atoms with Crippen LogP contribution in [0.1, 0.15) is 6.92 Å². The fourth-order valence-corrected chi connectivity index (χ4v) is 0.765. The molecule has 0 aromatic rings. The maximum absolute atomic E-state index is 10.3. The van der Waals surface area contributed by atoms with Crippen LogP contribution in [0.25, 0.3) is 0 Å². The highest BCUT2D eigenvalue weighted by Gasteiger charge is 2.48. The van der Waals surface area contributed by atoms with Crippen LogP contribution in [0.2, 0.25) is 0 Å². The lowest BCUT2D eigenvalue weighted by molar-refractivity contribution is -0.117. The quantitative estimate of drug-likeness (QED) is 0.418. The van der Waals surface area contributed by atoms with Crippen molar-refractivity contribution in [2.75, 3.05) is 0 Å². The lowest BCUT2D eigenvalue weighted by Gasteiger charge is -2.16. The highest BCUT2D eigenvalue weighted by Crippen LogP contribution is 2.20. The molecule has 0 radical (unpaired) electrons. The van der Waals surface area contributed by atoms with Gasteiger partial charge < -0.3 is 20.1 Å². The first-order valence-corrected chi connectivity index (χ1v) is 3.28. The molecule has 1 saturated heterocycles. The van der Waals surface area contributed by atoms with Crippen molar-refractivity contribution < 1.29 is 24.9 Å². The fourth-order valence-electron chi connectivity index (χ4n) is 0.765. The van der Waals surface area contributed by atoms with Crippen LogP contribution in [-0.4, -0.2) is 45.7 Å². The average Bonchev–Trinajstić information content (AvgIpc) is 2.63. The molecule has 1 fully saturated rings. The number of rotatable bonds is 3. The summed E-state index contributed by atoms with van der Waals surface area (Å²) in [6.45, 7) is 1.32. The number of ether oxygens (including phenoxy) is 1. The lowest BCUT2D eigenvalue weighted by atomic mass is 10.1. The van der Waals surface area contributed by atoms with Crippen LogP contribution in [0, 0.1) is 0 Å². The third kappa shape index (κ3) is 1.68. The van der Waals surface area contributed by atoms with Gasteiger partial charge in [-0.25, -0.2) is 4.79 Å². The van der Waals surface area contributed by atoms with Crippen molar-refractivity contribution in [2.24, 2.45) is 0 Å². The first-order chi connectivity index (χ1) is 5.04. The summed E-state index contributed by atoms with van der Waals surface area (Å²) in [6.07, 6.45) is -4.66. The molecule has 1 heterocycles. The highest BCUT2D eigenvalue weighted by atomic mass is 16.7. The van der Waals surface area contributed by atoms with Crippen LogP contribution >= 0.6 is 0 Å². The van der Waals surface area contributed by atoms with Crippen molar-refractivity contribution in [3.8, 4) is 0 Å². The van der Waals surface area contributed by atoms with Crippen LogP contribution < -0.4 is 0 Å². The second-order valence-corrected chi connectivity index (χ2v) is 2.58. The van der Waals surface area contributed by atoms with E-state index in [2.05, 4.69) is 4.74 Å². The third-order valence-corrected chi connectivity index (χ3v) is 1.57. The maximum Gasteiger partial charge on any atom is 0.351 e. The van der Waals surface area contributed by atoms with E-state index in [0.717, 1.165) is 0 Å². The molecule has 1 aliphatic rings. The number of hydrogen-bond acceptors (Lipinski definition) is 5. The number of aliphatic hydroxyl groups is 3. The van der Waals surface area contributed by atoms with E-state index < -0.39 is 30.4 Å². The first-order valence-electron chi connectivity index (χ1n) is 3.28. The summed E-state index contributed by atoms with van der Waals surface area (Å²) in [7, 11) is 0. The lowest BCUT2D eigenvalue weighted by Crippen LogP contribution is -2.39.